The highest BCUT2D eigenvalue weighted by Gasteiger charge is 2.28. The lowest BCUT2D eigenvalue weighted by atomic mass is 9.95. The van der Waals surface area contributed by atoms with E-state index in [1.54, 1.807) is 12.4 Å². The highest BCUT2D eigenvalue weighted by atomic mass is 16.5. The van der Waals surface area contributed by atoms with E-state index in [-0.39, 0.29) is 6.03 Å². The van der Waals surface area contributed by atoms with Crippen LogP contribution in [0.5, 0.6) is 5.88 Å². The fourth-order valence-corrected chi connectivity index (χ4v) is 4.85. The van der Waals surface area contributed by atoms with E-state index >= 15 is 0 Å². The Hall–Kier alpha value is -2.63. The number of anilines is 1. The maximum atomic E-state index is 12.7. The molecule has 28 heavy (non-hydrogen) atoms. The van der Waals surface area contributed by atoms with Crippen LogP contribution in [0.25, 0.3) is 0 Å². The first-order chi connectivity index (χ1) is 13.6. The largest absolute Gasteiger partial charge is 0.477 e. The van der Waals surface area contributed by atoms with Gasteiger partial charge in [-0.05, 0) is 60.3 Å². The molecule has 0 fully saturated rings. The third-order valence-electron chi connectivity index (χ3n) is 6.23. The molecule has 1 aliphatic heterocycles. The summed E-state index contributed by atoms with van der Waals surface area (Å²) in [5.41, 5.74) is 7.22. The summed E-state index contributed by atoms with van der Waals surface area (Å²) in [6.45, 7) is 5.88. The van der Waals surface area contributed by atoms with Crippen LogP contribution in [0.3, 0.4) is 0 Å². The summed E-state index contributed by atoms with van der Waals surface area (Å²) in [5.74, 6) is 1.62. The molecular formula is C22H26N4O2. The van der Waals surface area contributed by atoms with Gasteiger partial charge < -0.3 is 10.1 Å². The minimum absolute atomic E-state index is 0.328. The molecule has 0 saturated carbocycles. The number of aromatic nitrogens is 2. The van der Waals surface area contributed by atoms with E-state index in [0.717, 1.165) is 49.9 Å². The van der Waals surface area contributed by atoms with Crippen molar-refractivity contribution in [2.24, 2.45) is 10.9 Å². The van der Waals surface area contributed by atoms with E-state index in [9.17, 15) is 4.79 Å². The number of ether oxygens (including phenoxy) is 1. The van der Waals surface area contributed by atoms with Gasteiger partial charge in [0.1, 0.15) is 0 Å². The maximum absolute atomic E-state index is 12.7. The molecule has 0 unspecified atom stereocenters. The Morgan fingerprint density at radius 2 is 2.21 bits per heavy atom. The van der Waals surface area contributed by atoms with Crippen molar-refractivity contribution in [3.63, 3.8) is 0 Å². The quantitative estimate of drug-likeness (QED) is 0.800. The molecule has 5 rings (SSSR count). The minimum Gasteiger partial charge on any atom is -0.477 e. The monoisotopic (exact) mass is 378 g/mol. The smallest absolute Gasteiger partial charge is 0.345 e. The van der Waals surface area contributed by atoms with Crippen molar-refractivity contribution < 1.29 is 9.53 Å². The summed E-state index contributed by atoms with van der Waals surface area (Å²) < 4.78 is 7.61. The number of aryl methyl sites for hydroxylation is 2. The van der Waals surface area contributed by atoms with Crippen molar-refractivity contribution in [1.82, 2.24) is 9.78 Å². The summed E-state index contributed by atoms with van der Waals surface area (Å²) in [6, 6.07) is 2.04. The van der Waals surface area contributed by atoms with Gasteiger partial charge in [0.25, 0.3) is 0 Å². The number of aliphatic imine (C=N–C) groups is 1. The van der Waals surface area contributed by atoms with E-state index in [1.165, 1.54) is 22.3 Å². The number of rotatable bonds is 2. The van der Waals surface area contributed by atoms with Crippen LogP contribution in [0.2, 0.25) is 0 Å². The van der Waals surface area contributed by atoms with E-state index in [4.69, 9.17) is 4.74 Å². The van der Waals surface area contributed by atoms with Crippen LogP contribution in [0.1, 0.15) is 60.4 Å². The highest BCUT2D eigenvalue weighted by Crippen LogP contribution is 2.43. The molecule has 6 nitrogen and oxygen atoms in total. The summed E-state index contributed by atoms with van der Waals surface area (Å²) in [7, 11) is 0. The molecule has 2 aliphatic carbocycles. The Labute approximate surface area is 165 Å². The number of carbonyl (C=O) groups is 1. The molecular weight excluding hydrogens is 352 g/mol. The second-order valence-electron chi connectivity index (χ2n) is 8.45. The van der Waals surface area contributed by atoms with Crippen LogP contribution < -0.4 is 10.1 Å². The van der Waals surface area contributed by atoms with E-state index in [0.29, 0.717) is 24.3 Å². The SMILES string of the molecule is C[C@@H]1COc2c(/C=N/C(=O)Nc3c4c(cc5c3[C@@H](C)CC5)CCC4)cnn2C1. The average Bonchev–Trinajstić information content (AvgIpc) is 3.38. The van der Waals surface area contributed by atoms with Gasteiger partial charge in [0.05, 0.1) is 24.9 Å². The molecule has 0 spiro atoms. The number of nitrogens with zero attached hydrogens (tertiary/aromatic N) is 3. The molecule has 3 aliphatic rings. The van der Waals surface area contributed by atoms with Gasteiger partial charge in [-0.15, -0.1) is 0 Å². The van der Waals surface area contributed by atoms with Gasteiger partial charge in [0.2, 0.25) is 5.88 Å². The van der Waals surface area contributed by atoms with E-state index in [1.807, 2.05) is 4.68 Å². The fourth-order valence-electron chi connectivity index (χ4n) is 4.85. The van der Waals surface area contributed by atoms with Gasteiger partial charge >= 0.3 is 6.03 Å². The molecule has 1 aromatic heterocycles. The number of nitrogens with one attached hydrogen (secondary N) is 1. The van der Waals surface area contributed by atoms with Crippen molar-refractivity contribution in [3.05, 3.63) is 40.1 Å². The lowest BCUT2D eigenvalue weighted by Crippen LogP contribution is -2.23. The number of hydrogen-bond acceptors (Lipinski definition) is 3. The second kappa shape index (κ2) is 6.76. The Balaban J connectivity index is 1.39. The number of benzene rings is 1. The predicted octanol–water partition coefficient (Wildman–Crippen LogP) is 4.10. The summed E-state index contributed by atoms with van der Waals surface area (Å²) in [5, 5.41) is 7.46. The van der Waals surface area contributed by atoms with E-state index in [2.05, 4.69) is 35.3 Å². The Morgan fingerprint density at radius 1 is 1.32 bits per heavy atom. The molecule has 1 aromatic carbocycles. The van der Waals surface area contributed by atoms with Gasteiger partial charge in [-0.1, -0.05) is 19.9 Å². The summed E-state index contributed by atoms with van der Waals surface area (Å²) in [6.07, 6.45) is 8.86. The first kappa shape index (κ1) is 17.5. The zero-order valence-electron chi connectivity index (χ0n) is 16.5. The zero-order valence-corrected chi connectivity index (χ0v) is 16.5. The van der Waals surface area contributed by atoms with Gasteiger partial charge in [-0.25, -0.2) is 14.5 Å². The lowest BCUT2D eigenvalue weighted by molar-refractivity contribution is 0.175. The third kappa shape index (κ3) is 2.91. The van der Waals surface area contributed by atoms with Crippen molar-refractivity contribution >= 4 is 17.9 Å². The van der Waals surface area contributed by atoms with Crippen LogP contribution in [0, 0.1) is 5.92 Å². The number of carbonyl (C=O) groups excluding carboxylic acids is 1. The first-order valence-electron chi connectivity index (χ1n) is 10.3. The van der Waals surface area contributed by atoms with Crippen molar-refractivity contribution in [3.8, 4) is 5.88 Å². The first-order valence-corrected chi connectivity index (χ1v) is 10.3. The highest BCUT2D eigenvalue weighted by molar-refractivity contribution is 6.00. The molecule has 2 heterocycles. The van der Waals surface area contributed by atoms with Crippen LogP contribution in [0.15, 0.2) is 17.3 Å². The maximum Gasteiger partial charge on any atom is 0.345 e. The van der Waals surface area contributed by atoms with Gasteiger partial charge in [-0.3, -0.25) is 0 Å². The molecule has 0 saturated heterocycles. The average molecular weight is 378 g/mol. The van der Waals surface area contributed by atoms with Crippen molar-refractivity contribution in [2.45, 2.75) is 58.4 Å². The molecule has 0 bridgehead atoms. The predicted molar refractivity (Wildman–Crippen MR) is 109 cm³/mol. The van der Waals surface area contributed by atoms with Crippen LogP contribution >= 0.6 is 0 Å². The Morgan fingerprint density at radius 3 is 3.11 bits per heavy atom. The Bertz CT molecular complexity index is 975. The normalized spacial score (nSPS) is 22.6. The van der Waals surface area contributed by atoms with Crippen LogP contribution in [0.4, 0.5) is 10.5 Å². The summed E-state index contributed by atoms with van der Waals surface area (Å²) >= 11 is 0. The molecule has 2 amide bonds. The number of hydrogen-bond donors (Lipinski definition) is 1. The molecule has 6 heteroatoms. The number of amides is 2. The topological polar surface area (TPSA) is 68.5 Å². The van der Waals surface area contributed by atoms with Gasteiger partial charge in [0, 0.05) is 17.8 Å². The number of urea groups is 1. The number of fused-ring (bicyclic) bond motifs is 3. The minimum atomic E-state index is -0.328. The molecule has 2 aromatic rings. The van der Waals surface area contributed by atoms with E-state index < -0.39 is 0 Å². The van der Waals surface area contributed by atoms with Crippen LogP contribution in [-0.4, -0.2) is 28.6 Å². The van der Waals surface area contributed by atoms with Crippen molar-refractivity contribution in [1.29, 1.82) is 0 Å². The molecule has 0 radical (unpaired) electrons. The standard InChI is InChI=1S/C22H26N4O2/c1-13-11-26-21(28-12-13)17(10-24-26)9-23-22(27)25-20-18-5-3-4-15(18)8-16-7-6-14(2)19(16)20/h8-10,13-14H,3-7,11-12H2,1-2H3,(H,25,27)/b23-9+/t13-,14-/m0/s1. The molecule has 2 atom stereocenters. The van der Waals surface area contributed by atoms with Crippen molar-refractivity contribution in [2.75, 3.05) is 11.9 Å². The van der Waals surface area contributed by atoms with Crippen LogP contribution in [-0.2, 0) is 25.8 Å². The van der Waals surface area contributed by atoms with Gasteiger partial charge in [-0.2, -0.15) is 5.10 Å². The zero-order chi connectivity index (χ0) is 19.3. The fraction of sp³-hybridized carbons (Fsp3) is 0.500. The molecule has 146 valence electrons. The third-order valence-corrected chi connectivity index (χ3v) is 6.23. The second-order valence-corrected chi connectivity index (χ2v) is 8.45. The lowest BCUT2D eigenvalue weighted by Gasteiger charge is -2.21. The summed E-state index contributed by atoms with van der Waals surface area (Å²) in [4.78, 5) is 16.8. The molecule has 1 N–H and O–H groups in total. The van der Waals surface area contributed by atoms with Gasteiger partial charge in [0.15, 0.2) is 0 Å². The Kier molecular flexibility index (Phi) is 4.22.